The molecule has 21 heavy (non-hydrogen) atoms. The van der Waals surface area contributed by atoms with E-state index in [2.05, 4.69) is 20.7 Å². The van der Waals surface area contributed by atoms with Gasteiger partial charge in [0.15, 0.2) is 0 Å². The Kier molecular flexibility index (Phi) is 3.81. The van der Waals surface area contributed by atoms with E-state index in [4.69, 9.17) is 0 Å². The predicted molar refractivity (Wildman–Crippen MR) is 85.9 cm³/mol. The van der Waals surface area contributed by atoms with Crippen LogP contribution in [0.25, 0.3) is 10.8 Å². The second-order valence-electron chi connectivity index (χ2n) is 5.38. The number of hydrogen-bond acceptors (Lipinski definition) is 3. The third-order valence-electron chi connectivity index (χ3n) is 3.77. The summed E-state index contributed by atoms with van der Waals surface area (Å²) in [5.74, 6) is 0. The van der Waals surface area contributed by atoms with Crippen LogP contribution in [0.2, 0.25) is 0 Å². The maximum absolute atomic E-state index is 12.5. The molecular weight excluding hydrogens is 354 g/mol. The smallest absolute Gasteiger partial charge is 0.240 e. The summed E-state index contributed by atoms with van der Waals surface area (Å²) in [6.07, 6.45) is 0.878. The number of nitrogens with one attached hydrogen (secondary N) is 1. The van der Waals surface area contributed by atoms with Crippen LogP contribution in [0.3, 0.4) is 0 Å². The molecule has 0 aliphatic heterocycles. The van der Waals surface area contributed by atoms with Crippen LogP contribution >= 0.6 is 15.9 Å². The third-order valence-corrected chi connectivity index (χ3v) is 5.91. The van der Waals surface area contributed by atoms with E-state index in [1.54, 1.807) is 13.0 Å². The molecule has 0 fully saturated rings. The molecule has 4 nitrogen and oxygen atoms in total. The van der Waals surface area contributed by atoms with Gasteiger partial charge in [-0.25, -0.2) is 13.1 Å². The van der Waals surface area contributed by atoms with Crippen molar-refractivity contribution < 1.29 is 13.5 Å². The van der Waals surface area contributed by atoms with Crippen molar-refractivity contribution in [2.24, 2.45) is 0 Å². The van der Waals surface area contributed by atoms with Crippen molar-refractivity contribution in [1.82, 2.24) is 4.72 Å². The Morgan fingerprint density at radius 3 is 2.86 bits per heavy atom. The SMILES string of the molecule is C[C@H](O)CNS(=O)(=O)c1cc(Br)c2cccc3c2c1CC3. The Morgan fingerprint density at radius 2 is 2.14 bits per heavy atom. The van der Waals surface area contributed by atoms with Gasteiger partial charge in [0.25, 0.3) is 0 Å². The third kappa shape index (κ3) is 2.61. The number of benzene rings is 2. The van der Waals surface area contributed by atoms with Gasteiger partial charge in [-0.15, -0.1) is 0 Å². The van der Waals surface area contributed by atoms with Crippen molar-refractivity contribution in [2.45, 2.75) is 30.8 Å². The molecule has 112 valence electrons. The summed E-state index contributed by atoms with van der Waals surface area (Å²) >= 11 is 3.47. The number of halogens is 1. The minimum absolute atomic E-state index is 0.0130. The Hall–Kier alpha value is -0.950. The summed E-state index contributed by atoms with van der Waals surface area (Å²) in [6, 6.07) is 7.71. The predicted octanol–water partition coefficient (Wildman–Crippen LogP) is 2.36. The lowest BCUT2D eigenvalue weighted by atomic mass is 10.1. The van der Waals surface area contributed by atoms with Crippen LogP contribution in [-0.4, -0.2) is 26.2 Å². The van der Waals surface area contributed by atoms with Crippen molar-refractivity contribution in [3.8, 4) is 0 Å². The monoisotopic (exact) mass is 369 g/mol. The van der Waals surface area contributed by atoms with Crippen LogP contribution < -0.4 is 4.72 Å². The van der Waals surface area contributed by atoms with Crippen LogP contribution in [-0.2, 0) is 22.9 Å². The number of rotatable bonds is 4. The van der Waals surface area contributed by atoms with Gasteiger partial charge in [-0.2, -0.15) is 0 Å². The minimum Gasteiger partial charge on any atom is -0.392 e. The molecule has 0 unspecified atom stereocenters. The van der Waals surface area contributed by atoms with E-state index >= 15 is 0 Å². The molecule has 2 aromatic carbocycles. The maximum atomic E-state index is 12.5. The molecule has 2 aromatic rings. The van der Waals surface area contributed by atoms with Gasteiger partial charge < -0.3 is 5.11 Å². The van der Waals surface area contributed by atoms with Gasteiger partial charge in [-0.3, -0.25) is 0 Å². The van der Waals surface area contributed by atoms with Crippen molar-refractivity contribution in [3.05, 3.63) is 39.9 Å². The highest BCUT2D eigenvalue weighted by molar-refractivity contribution is 9.10. The summed E-state index contributed by atoms with van der Waals surface area (Å²) in [7, 11) is -3.62. The first-order chi connectivity index (χ1) is 9.90. The Bertz CT molecular complexity index is 815. The van der Waals surface area contributed by atoms with Gasteiger partial charge in [0.2, 0.25) is 10.0 Å². The Morgan fingerprint density at radius 1 is 1.38 bits per heavy atom. The fourth-order valence-corrected chi connectivity index (χ4v) is 4.95. The highest BCUT2D eigenvalue weighted by atomic mass is 79.9. The Labute approximate surface area is 132 Å². The van der Waals surface area contributed by atoms with Gasteiger partial charge in [-0.1, -0.05) is 34.1 Å². The largest absolute Gasteiger partial charge is 0.392 e. The van der Waals surface area contributed by atoms with Crippen LogP contribution in [0.5, 0.6) is 0 Å². The lowest BCUT2D eigenvalue weighted by molar-refractivity contribution is 0.198. The quantitative estimate of drug-likeness (QED) is 0.869. The summed E-state index contributed by atoms with van der Waals surface area (Å²) < 4.78 is 28.2. The molecule has 1 atom stereocenters. The van der Waals surface area contributed by atoms with E-state index < -0.39 is 16.1 Å². The second kappa shape index (κ2) is 5.35. The Balaban J connectivity index is 2.18. The van der Waals surface area contributed by atoms with E-state index in [0.717, 1.165) is 33.7 Å². The lowest BCUT2D eigenvalue weighted by Gasteiger charge is -2.13. The number of aliphatic hydroxyl groups excluding tert-OH is 1. The van der Waals surface area contributed by atoms with Crippen molar-refractivity contribution in [2.75, 3.05) is 6.54 Å². The second-order valence-corrected chi connectivity index (χ2v) is 7.97. The summed E-state index contributed by atoms with van der Waals surface area (Å²) in [5.41, 5.74) is 2.07. The molecule has 0 heterocycles. The molecule has 0 bridgehead atoms. The molecule has 1 aliphatic rings. The van der Waals surface area contributed by atoms with Crippen LogP contribution in [0, 0.1) is 0 Å². The minimum atomic E-state index is -3.62. The molecule has 0 aromatic heterocycles. The zero-order valence-corrected chi connectivity index (χ0v) is 14.0. The normalized spacial score (nSPS) is 15.6. The standard InChI is InChI=1S/C15H16BrNO3S/c1-9(18)8-17-21(19,20)14-7-13(16)11-4-2-3-10-5-6-12(14)15(10)11/h2-4,7,9,17-18H,5-6,8H2,1H3/t9-/m0/s1. The molecule has 3 rings (SSSR count). The van der Waals surface area contributed by atoms with Gasteiger partial charge in [0.1, 0.15) is 0 Å². The molecule has 0 radical (unpaired) electrons. The van der Waals surface area contributed by atoms with Crippen molar-refractivity contribution in [1.29, 1.82) is 0 Å². The fourth-order valence-electron chi connectivity index (χ4n) is 2.82. The first kappa shape index (κ1) is 15.0. The summed E-state index contributed by atoms with van der Waals surface area (Å²) in [5, 5.41) is 11.4. The number of sulfonamides is 1. The average Bonchev–Trinajstić information content (AvgIpc) is 2.85. The summed E-state index contributed by atoms with van der Waals surface area (Å²) in [4.78, 5) is 0.312. The van der Waals surface area contributed by atoms with Crippen molar-refractivity contribution >= 4 is 36.7 Å². The van der Waals surface area contributed by atoms with Crippen LogP contribution in [0.1, 0.15) is 18.1 Å². The van der Waals surface area contributed by atoms with Crippen molar-refractivity contribution in [3.63, 3.8) is 0 Å². The lowest BCUT2D eigenvalue weighted by Crippen LogP contribution is -2.31. The molecule has 0 saturated carbocycles. The zero-order chi connectivity index (χ0) is 15.2. The zero-order valence-electron chi connectivity index (χ0n) is 11.6. The highest BCUT2D eigenvalue weighted by Crippen LogP contribution is 2.39. The molecule has 0 spiro atoms. The van der Waals surface area contributed by atoms with Gasteiger partial charge in [-0.05, 0) is 47.7 Å². The van der Waals surface area contributed by atoms with E-state index in [-0.39, 0.29) is 6.54 Å². The van der Waals surface area contributed by atoms with Crippen LogP contribution in [0.15, 0.2) is 33.6 Å². The maximum Gasteiger partial charge on any atom is 0.240 e. The molecule has 6 heteroatoms. The summed E-state index contributed by atoms with van der Waals surface area (Å²) in [6.45, 7) is 1.56. The molecule has 2 N–H and O–H groups in total. The topological polar surface area (TPSA) is 66.4 Å². The van der Waals surface area contributed by atoms with E-state index in [1.807, 2.05) is 18.2 Å². The van der Waals surface area contributed by atoms with E-state index in [0.29, 0.717) is 4.90 Å². The number of aryl methyl sites for hydroxylation is 2. The molecule has 0 saturated heterocycles. The fraction of sp³-hybridized carbons (Fsp3) is 0.333. The number of hydrogen-bond donors (Lipinski definition) is 2. The first-order valence-electron chi connectivity index (χ1n) is 6.81. The van der Waals surface area contributed by atoms with Gasteiger partial charge in [0.05, 0.1) is 11.0 Å². The van der Waals surface area contributed by atoms with Gasteiger partial charge >= 0.3 is 0 Å². The molecule has 1 aliphatic carbocycles. The first-order valence-corrected chi connectivity index (χ1v) is 9.08. The highest BCUT2D eigenvalue weighted by Gasteiger charge is 2.26. The number of aliphatic hydroxyl groups is 1. The molecule has 0 amide bonds. The molecular formula is C15H16BrNO3S. The average molecular weight is 370 g/mol. The van der Waals surface area contributed by atoms with Crippen LogP contribution in [0.4, 0.5) is 0 Å². The van der Waals surface area contributed by atoms with E-state index in [1.165, 1.54) is 5.56 Å². The van der Waals surface area contributed by atoms with Gasteiger partial charge in [0, 0.05) is 11.0 Å². The van der Waals surface area contributed by atoms with E-state index in [9.17, 15) is 13.5 Å².